The molecule has 0 saturated carbocycles. The van der Waals surface area contributed by atoms with Gasteiger partial charge in [-0.3, -0.25) is 9.69 Å². The van der Waals surface area contributed by atoms with E-state index in [2.05, 4.69) is 5.32 Å². The van der Waals surface area contributed by atoms with Crippen LogP contribution < -0.4 is 10.2 Å². The molecule has 0 aliphatic carbocycles. The molecule has 7 heteroatoms. The molecule has 0 radical (unpaired) electrons. The van der Waals surface area contributed by atoms with E-state index in [-0.39, 0.29) is 18.5 Å². The fraction of sp³-hybridized carbons (Fsp3) is 0.222. The molecule has 3 amide bonds. The second-order valence-electron chi connectivity index (χ2n) is 5.70. The molecule has 1 fully saturated rings. The van der Waals surface area contributed by atoms with Crippen molar-refractivity contribution in [1.29, 1.82) is 0 Å². The molecule has 0 atom stereocenters. The standard InChI is InChI=1S/C18H17Cl2N3O2/c19-14-5-7-15(8-6-14)23-10-9-22(18(23)25)12-17(24)21-11-13-3-1-2-4-16(13)20/h1-8H,9-12H2,(H,21,24). The highest BCUT2D eigenvalue weighted by Gasteiger charge is 2.30. The Balaban J connectivity index is 1.55. The summed E-state index contributed by atoms with van der Waals surface area (Å²) in [6.45, 7) is 1.40. The third kappa shape index (κ3) is 4.24. The first kappa shape index (κ1) is 17.6. The van der Waals surface area contributed by atoms with Crippen molar-refractivity contribution >= 4 is 40.8 Å². The van der Waals surface area contributed by atoms with Crippen LogP contribution in [0.5, 0.6) is 0 Å². The minimum absolute atomic E-state index is 0.0212. The van der Waals surface area contributed by atoms with E-state index in [1.54, 1.807) is 35.2 Å². The van der Waals surface area contributed by atoms with Gasteiger partial charge in [-0.1, -0.05) is 41.4 Å². The van der Waals surface area contributed by atoms with Gasteiger partial charge in [-0.15, -0.1) is 0 Å². The van der Waals surface area contributed by atoms with Gasteiger partial charge in [0.05, 0.1) is 0 Å². The first-order valence-electron chi connectivity index (χ1n) is 7.87. The molecular weight excluding hydrogens is 361 g/mol. The quantitative estimate of drug-likeness (QED) is 0.865. The van der Waals surface area contributed by atoms with Gasteiger partial charge in [-0.25, -0.2) is 4.79 Å². The number of carbonyl (C=O) groups excluding carboxylic acids is 2. The molecule has 0 bridgehead atoms. The van der Waals surface area contributed by atoms with Crippen LogP contribution in [0.15, 0.2) is 48.5 Å². The summed E-state index contributed by atoms with van der Waals surface area (Å²) in [5.74, 6) is -0.216. The Hall–Kier alpha value is -2.24. The molecule has 0 unspecified atom stereocenters. The van der Waals surface area contributed by atoms with Gasteiger partial charge in [-0.2, -0.15) is 0 Å². The Labute approximate surface area is 156 Å². The van der Waals surface area contributed by atoms with Crippen LogP contribution >= 0.6 is 23.2 Å². The largest absolute Gasteiger partial charge is 0.350 e. The summed E-state index contributed by atoms with van der Waals surface area (Å²) in [4.78, 5) is 27.8. The zero-order chi connectivity index (χ0) is 17.8. The van der Waals surface area contributed by atoms with E-state index in [1.807, 2.05) is 18.2 Å². The van der Waals surface area contributed by atoms with Gasteiger partial charge >= 0.3 is 6.03 Å². The zero-order valence-electron chi connectivity index (χ0n) is 13.4. The Morgan fingerprint density at radius 2 is 1.76 bits per heavy atom. The number of benzene rings is 2. The van der Waals surface area contributed by atoms with Gasteiger partial charge in [0.15, 0.2) is 0 Å². The SMILES string of the molecule is O=C(CN1CCN(c2ccc(Cl)cc2)C1=O)NCc1ccccc1Cl. The highest BCUT2D eigenvalue weighted by molar-refractivity contribution is 6.31. The molecule has 1 N–H and O–H groups in total. The fourth-order valence-corrected chi connectivity index (χ4v) is 2.98. The van der Waals surface area contributed by atoms with Crippen molar-refractivity contribution in [2.24, 2.45) is 0 Å². The van der Waals surface area contributed by atoms with Crippen LogP contribution in [-0.2, 0) is 11.3 Å². The van der Waals surface area contributed by atoms with Crippen molar-refractivity contribution in [3.05, 3.63) is 64.1 Å². The maximum absolute atomic E-state index is 12.5. The van der Waals surface area contributed by atoms with Crippen LogP contribution in [0, 0.1) is 0 Å². The first-order valence-corrected chi connectivity index (χ1v) is 8.62. The van der Waals surface area contributed by atoms with Crippen molar-refractivity contribution < 1.29 is 9.59 Å². The van der Waals surface area contributed by atoms with Gasteiger partial charge < -0.3 is 10.2 Å². The number of anilines is 1. The van der Waals surface area contributed by atoms with E-state index in [0.717, 1.165) is 11.3 Å². The first-order chi connectivity index (χ1) is 12.0. The van der Waals surface area contributed by atoms with Gasteiger partial charge in [0.25, 0.3) is 0 Å². The van der Waals surface area contributed by atoms with Crippen molar-refractivity contribution in [1.82, 2.24) is 10.2 Å². The number of urea groups is 1. The third-order valence-corrected chi connectivity index (χ3v) is 4.62. The number of halogens is 2. The van der Waals surface area contributed by atoms with E-state index in [9.17, 15) is 9.59 Å². The minimum Gasteiger partial charge on any atom is -0.350 e. The molecular formula is C18H17Cl2N3O2. The molecule has 1 aliphatic heterocycles. The topological polar surface area (TPSA) is 52.7 Å². The lowest BCUT2D eigenvalue weighted by atomic mass is 10.2. The van der Waals surface area contributed by atoms with Gasteiger partial charge in [0, 0.05) is 35.4 Å². The summed E-state index contributed by atoms with van der Waals surface area (Å²) < 4.78 is 0. The summed E-state index contributed by atoms with van der Waals surface area (Å²) in [6.07, 6.45) is 0. The molecule has 1 saturated heterocycles. The van der Waals surface area contributed by atoms with E-state index < -0.39 is 0 Å². The Morgan fingerprint density at radius 1 is 1.04 bits per heavy atom. The van der Waals surface area contributed by atoms with E-state index in [1.165, 1.54) is 4.90 Å². The molecule has 2 aromatic rings. The lowest BCUT2D eigenvalue weighted by molar-refractivity contribution is -0.121. The normalized spacial score (nSPS) is 14.1. The Kier molecular flexibility index (Phi) is 5.46. The van der Waals surface area contributed by atoms with E-state index >= 15 is 0 Å². The summed E-state index contributed by atoms with van der Waals surface area (Å²) in [6, 6.07) is 14.2. The summed E-state index contributed by atoms with van der Waals surface area (Å²) >= 11 is 11.9. The molecule has 1 aliphatic rings. The third-order valence-electron chi connectivity index (χ3n) is 4.00. The Bertz CT molecular complexity index is 780. The second kappa shape index (κ2) is 7.76. The van der Waals surface area contributed by atoms with Crippen LogP contribution in [0.4, 0.5) is 10.5 Å². The molecule has 0 spiro atoms. The van der Waals surface area contributed by atoms with Crippen LogP contribution in [0.25, 0.3) is 0 Å². The predicted octanol–water partition coefficient (Wildman–Crippen LogP) is 3.55. The van der Waals surface area contributed by atoms with Crippen molar-refractivity contribution in [3.8, 4) is 0 Å². The highest BCUT2D eigenvalue weighted by atomic mass is 35.5. The fourth-order valence-electron chi connectivity index (χ4n) is 2.65. The van der Waals surface area contributed by atoms with Gasteiger partial charge in [0.1, 0.15) is 6.54 Å². The smallest absolute Gasteiger partial charge is 0.325 e. The van der Waals surface area contributed by atoms with Crippen LogP contribution in [-0.4, -0.2) is 36.5 Å². The molecule has 2 aromatic carbocycles. The maximum atomic E-state index is 12.5. The monoisotopic (exact) mass is 377 g/mol. The second-order valence-corrected chi connectivity index (χ2v) is 6.54. The zero-order valence-corrected chi connectivity index (χ0v) is 14.9. The van der Waals surface area contributed by atoms with E-state index in [0.29, 0.717) is 29.7 Å². The Morgan fingerprint density at radius 3 is 2.48 bits per heavy atom. The number of hydrogen-bond acceptors (Lipinski definition) is 2. The van der Waals surface area contributed by atoms with Crippen LogP contribution in [0.1, 0.15) is 5.56 Å². The molecule has 3 rings (SSSR count). The maximum Gasteiger partial charge on any atom is 0.325 e. The lowest BCUT2D eigenvalue weighted by Crippen LogP contribution is -2.39. The summed E-state index contributed by atoms with van der Waals surface area (Å²) in [7, 11) is 0. The van der Waals surface area contributed by atoms with Crippen LogP contribution in [0.2, 0.25) is 10.0 Å². The summed E-state index contributed by atoms with van der Waals surface area (Å²) in [5.41, 5.74) is 1.61. The average molecular weight is 378 g/mol. The number of nitrogens with one attached hydrogen (secondary N) is 1. The predicted molar refractivity (Wildman–Crippen MR) is 99.1 cm³/mol. The average Bonchev–Trinajstić information content (AvgIpc) is 2.96. The van der Waals surface area contributed by atoms with E-state index in [4.69, 9.17) is 23.2 Å². The number of rotatable bonds is 5. The minimum atomic E-state index is -0.216. The molecule has 1 heterocycles. The van der Waals surface area contributed by atoms with Crippen molar-refractivity contribution in [3.63, 3.8) is 0 Å². The molecule has 130 valence electrons. The lowest BCUT2D eigenvalue weighted by Gasteiger charge is -2.18. The number of hydrogen-bond donors (Lipinski definition) is 1. The molecule has 25 heavy (non-hydrogen) atoms. The van der Waals surface area contributed by atoms with Crippen LogP contribution in [0.3, 0.4) is 0 Å². The van der Waals surface area contributed by atoms with Crippen molar-refractivity contribution in [2.45, 2.75) is 6.54 Å². The molecule has 5 nitrogen and oxygen atoms in total. The van der Waals surface area contributed by atoms with Crippen molar-refractivity contribution in [2.75, 3.05) is 24.5 Å². The molecule has 0 aromatic heterocycles. The van der Waals surface area contributed by atoms with Gasteiger partial charge in [-0.05, 0) is 35.9 Å². The van der Waals surface area contributed by atoms with Gasteiger partial charge in [0.2, 0.25) is 5.91 Å². The number of carbonyl (C=O) groups is 2. The summed E-state index contributed by atoms with van der Waals surface area (Å²) in [5, 5.41) is 4.02. The number of nitrogens with zero attached hydrogens (tertiary/aromatic N) is 2. The number of amides is 3. The highest BCUT2D eigenvalue weighted by Crippen LogP contribution is 2.22.